The van der Waals surface area contributed by atoms with Crippen molar-refractivity contribution in [2.24, 2.45) is 0 Å². The summed E-state index contributed by atoms with van der Waals surface area (Å²) in [5.41, 5.74) is 4.21. The lowest BCUT2D eigenvalue weighted by Crippen LogP contribution is -2.12. The van der Waals surface area contributed by atoms with Crippen LogP contribution in [0.4, 0.5) is 5.69 Å². The maximum absolute atomic E-state index is 11.9. The molecule has 0 aliphatic heterocycles. The number of aromatic nitrogens is 1. The number of carbonyl (C=O) groups is 1. The fraction of sp³-hybridized carbons (Fsp3) is 0.333. The van der Waals surface area contributed by atoms with Crippen LogP contribution in [0, 0.1) is 20.8 Å². The number of thiazole rings is 1. The summed E-state index contributed by atoms with van der Waals surface area (Å²) in [6, 6.07) is 6.06. The summed E-state index contributed by atoms with van der Waals surface area (Å²) >= 11 is 1.61. The molecule has 0 saturated heterocycles. The number of anilines is 1. The molecule has 1 N–H and O–H groups in total. The number of nitrogens with zero attached hydrogens (tertiary/aromatic N) is 1. The number of amides is 1. The number of aryl methyl sites for hydroxylation is 4. The van der Waals surface area contributed by atoms with Crippen LogP contribution in [0.3, 0.4) is 0 Å². The molecule has 0 unspecified atom stereocenters. The Hall–Kier alpha value is -1.68. The Morgan fingerprint density at radius 2 is 1.89 bits per heavy atom. The molecule has 1 heterocycles. The van der Waals surface area contributed by atoms with E-state index in [0.29, 0.717) is 12.8 Å². The van der Waals surface area contributed by atoms with Crippen molar-refractivity contribution < 1.29 is 4.79 Å². The topological polar surface area (TPSA) is 42.0 Å². The summed E-state index contributed by atoms with van der Waals surface area (Å²) in [5, 5.41) is 5.97. The lowest BCUT2D eigenvalue weighted by atomic mass is 10.1. The van der Waals surface area contributed by atoms with Gasteiger partial charge in [0, 0.05) is 29.6 Å². The zero-order chi connectivity index (χ0) is 13.8. The SMILES string of the molecule is Cc1cc(C)cc(NC(=O)CCc2nc(C)cs2)c1. The maximum Gasteiger partial charge on any atom is 0.224 e. The van der Waals surface area contributed by atoms with Crippen molar-refractivity contribution in [2.75, 3.05) is 5.32 Å². The molecule has 1 aromatic carbocycles. The molecule has 0 aliphatic carbocycles. The molecule has 0 radical (unpaired) electrons. The molecule has 100 valence electrons. The molecule has 0 saturated carbocycles. The van der Waals surface area contributed by atoms with Crippen LogP contribution in [-0.2, 0) is 11.2 Å². The molecular weight excluding hydrogens is 256 g/mol. The van der Waals surface area contributed by atoms with Gasteiger partial charge in [0.15, 0.2) is 0 Å². The summed E-state index contributed by atoms with van der Waals surface area (Å²) in [4.78, 5) is 16.2. The number of hydrogen-bond donors (Lipinski definition) is 1. The molecule has 19 heavy (non-hydrogen) atoms. The molecule has 2 aromatic rings. The number of nitrogens with one attached hydrogen (secondary N) is 1. The Bertz CT molecular complexity index is 569. The van der Waals surface area contributed by atoms with Crippen molar-refractivity contribution in [3.05, 3.63) is 45.4 Å². The Morgan fingerprint density at radius 1 is 1.21 bits per heavy atom. The lowest BCUT2D eigenvalue weighted by molar-refractivity contribution is -0.116. The van der Waals surface area contributed by atoms with E-state index < -0.39 is 0 Å². The molecule has 0 spiro atoms. The third-order valence-electron chi connectivity index (χ3n) is 2.74. The van der Waals surface area contributed by atoms with E-state index in [9.17, 15) is 4.79 Å². The van der Waals surface area contributed by atoms with E-state index in [2.05, 4.69) is 16.4 Å². The quantitative estimate of drug-likeness (QED) is 0.925. The first kappa shape index (κ1) is 13.7. The van der Waals surface area contributed by atoms with Crippen LogP contribution >= 0.6 is 11.3 Å². The van der Waals surface area contributed by atoms with Crippen LogP contribution in [-0.4, -0.2) is 10.9 Å². The highest BCUT2D eigenvalue weighted by Crippen LogP contribution is 2.15. The van der Waals surface area contributed by atoms with Gasteiger partial charge >= 0.3 is 0 Å². The van der Waals surface area contributed by atoms with Gasteiger partial charge in [-0.15, -0.1) is 11.3 Å². The normalized spacial score (nSPS) is 10.5. The van der Waals surface area contributed by atoms with Gasteiger partial charge in [0.05, 0.1) is 5.01 Å². The van der Waals surface area contributed by atoms with E-state index in [4.69, 9.17) is 0 Å². The third kappa shape index (κ3) is 4.17. The predicted octanol–water partition coefficient (Wildman–Crippen LogP) is 3.64. The summed E-state index contributed by atoms with van der Waals surface area (Å²) in [7, 11) is 0. The predicted molar refractivity (Wildman–Crippen MR) is 79.7 cm³/mol. The summed E-state index contributed by atoms with van der Waals surface area (Å²) < 4.78 is 0. The van der Waals surface area contributed by atoms with Crippen molar-refractivity contribution in [1.82, 2.24) is 4.98 Å². The van der Waals surface area contributed by atoms with Crippen molar-refractivity contribution >= 4 is 22.9 Å². The zero-order valence-electron chi connectivity index (χ0n) is 11.5. The molecule has 0 aliphatic rings. The van der Waals surface area contributed by atoms with Crippen LogP contribution in [0.5, 0.6) is 0 Å². The van der Waals surface area contributed by atoms with E-state index in [0.717, 1.165) is 27.5 Å². The van der Waals surface area contributed by atoms with Crippen LogP contribution in [0.1, 0.15) is 28.2 Å². The first-order chi connectivity index (χ1) is 9.02. The van der Waals surface area contributed by atoms with Crippen molar-refractivity contribution in [3.8, 4) is 0 Å². The van der Waals surface area contributed by atoms with E-state index in [1.54, 1.807) is 11.3 Å². The minimum absolute atomic E-state index is 0.0397. The van der Waals surface area contributed by atoms with Crippen molar-refractivity contribution in [2.45, 2.75) is 33.6 Å². The molecular formula is C15H18N2OS. The second-order valence-electron chi connectivity index (χ2n) is 4.81. The highest BCUT2D eigenvalue weighted by molar-refractivity contribution is 7.09. The molecule has 0 atom stereocenters. The van der Waals surface area contributed by atoms with Crippen LogP contribution in [0.15, 0.2) is 23.6 Å². The van der Waals surface area contributed by atoms with E-state index in [-0.39, 0.29) is 5.91 Å². The average molecular weight is 274 g/mol. The molecule has 0 fully saturated rings. The molecule has 2 rings (SSSR count). The summed E-state index contributed by atoms with van der Waals surface area (Å²) in [5.74, 6) is 0.0397. The van der Waals surface area contributed by atoms with Gasteiger partial charge in [0.25, 0.3) is 0 Å². The zero-order valence-corrected chi connectivity index (χ0v) is 12.3. The third-order valence-corrected chi connectivity index (χ3v) is 3.76. The monoisotopic (exact) mass is 274 g/mol. The van der Waals surface area contributed by atoms with Gasteiger partial charge in [0.2, 0.25) is 5.91 Å². The van der Waals surface area contributed by atoms with Crippen LogP contribution in [0.2, 0.25) is 0 Å². The maximum atomic E-state index is 11.9. The summed E-state index contributed by atoms with van der Waals surface area (Å²) in [6.45, 7) is 6.03. The fourth-order valence-electron chi connectivity index (χ4n) is 2.01. The second kappa shape index (κ2) is 5.97. The van der Waals surface area contributed by atoms with Crippen LogP contribution in [0.25, 0.3) is 0 Å². The first-order valence-corrected chi connectivity index (χ1v) is 7.20. The van der Waals surface area contributed by atoms with Gasteiger partial charge in [-0.1, -0.05) is 6.07 Å². The highest BCUT2D eigenvalue weighted by atomic mass is 32.1. The number of carbonyl (C=O) groups excluding carboxylic acids is 1. The van der Waals surface area contributed by atoms with Gasteiger partial charge in [-0.25, -0.2) is 4.98 Å². The van der Waals surface area contributed by atoms with Gasteiger partial charge in [-0.3, -0.25) is 4.79 Å². The number of benzene rings is 1. The first-order valence-electron chi connectivity index (χ1n) is 6.32. The smallest absolute Gasteiger partial charge is 0.224 e. The van der Waals surface area contributed by atoms with Crippen LogP contribution < -0.4 is 5.32 Å². The van der Waals surface area contributed by atoms with Gasteiger partial charge in [0.1, 0.15) is 0 Å². The number of rotatable bonds is 4. The Labute approximate surface area is 117 Å². The Morgan fingerprint density at radius 3 is 2.47 bits per heavy atom. The molecule has 1 aromatic heterocycles. The Balaban J connectivity index is 1.90. The minimum Gasteiger partial charge on any atom is -0.326 e. The molecule has 3 nitrogen and oxygen atoms in total. The number of hydrogen-bond acceptors (Lipinski definition) is 3. The van der Waals surface area contributed by atoms with E-state index in [1.165, 1.54) is 0 Å². The van der Waals surface area contributed by atoms with E-state index >= 15 is 0 Å². The van der Waals surface area contributed by atoms with Crippen molar-refractivity contribution in [1.29, 1.82) is 0 Å². The minimum atomic E-state index is 0.0397. The standard InChI is InChI=1S/C15H18N2OS/c1-10-6-11(2)8-13(7-10)17-14(18)4-5-15-16-12(3)9-19-15/h6-9H,4-5H2,1-3H3,(H,17,18). The van der Waals surface area contributed by atoms with E-state index in [1.807, 2.05) is 38.3 Å². The summed E-state index contributed by atoms with van der Waals surface area (Å²) in [6.07, 6.45) is 1.18. The second-order valence-corrected chi connectivity index (χ2v) is 5.75. The molecule has 1 amide bonds. The molecule has 0 bridgehead atoms. The molecule has 4 heteroatoms. The van der Waals surface area contributed by atoms with Gasteiger partial charge < -0.3 is 5.32 Å². The van der Waals surface area contributed by atoms with Crippen molar-refractivity contribution in [3.63, 3.8) is 0 Å². The average Bonchev–Trinajstić information content (AvgIpc) is 2.71. The lowest BCUT2D eigenvalue weighted by Gasteiger charge is -2.07. The van der Waals surface area contributed by atoms with Gasteiger partial charge in [-0.05, 0) is 44.0 Å². The van der Waals surface area contributed by atoms with Gasteiger partial charge in [-0.2, -0.15) is 0 Å². The largest absolute Gasteiger partial charge is 0.326 e. The Kier molecular flexibility index (Phi) is 4.32. The fourth-order valence-corrected chi connectivity index (χ4v) is 2.78. The highest BCUT2D eigenvalue weighted by Gasteiger charge is 2.06.